The van der Waals surface area contributed by atoms with Crippen LogP contribution >= 0.6 is 0 Å². The van der Waals surface area contributed by atoms with Gasteiger partial charge >= 0.3 is 0 Å². The molecule has 2 nitrogen and oxygen atoms in total. The van der Waals surface area contributed by atoms with Gasteiger partial charge in [-0.15, -0.1) is 0 Å². The van der Waals surface area contributed by atoms with Crippen LogP contribution in [0.3, 0.4) is 0 Å². The van der Waals surface area contributed by atoms with Crippen LogP contribution in [-0.2, 0) is 5.54 Å². The van der Waals surface area contributed by atoms with Crippen molar-refractivity contribution < 1.29 is 9.50 Å². The van der Waals surface area contributed by atoms with Crippen LogP contribution in [-0.4, -0.2) is 5.11 Å². The second-order valence-corrected chi connectivity index (χ2v) is 3.82. The number of rotatable bonds is 1. The number of hydrogen-bond acceptors (Lipinski definition) is 2. The Morgan fingerprint density at radius 3 is 2.31 bits per heavy atom. The Morgan fingerprint density at radius 2 is 1.92 bits per heavy atom. The van der Waals surface area contributed by atoms with Gasteiger partial charge < -0.3 is 10.8 Å². The molecule has 0 spiro atoms. The summed E-state index contributed by atoms with van der Waals surface area (Å²) in [7, 11) is 0. The third-order valence-electron chi connectivity index (χ3n) is 2.06. The minimum Gasteiger partial charge on any atom is -0.508 e. The molecule has 13 heavy (non-hydrogen) atoms. The molecule has 0 aliphatic rings. The molecule has 0 heterocycles. The van der Waals surface area contributed by atoms with Crippen molar-refractivity contribution in [1.29, 1.82) is 0 Å². The van der Waals surface area contributed by atoms with Crippen molar-refractivity contribution in [2.75, 3.05) is 0 Å². The standard InChI is InChI=1S/C10H14FNO/c1-6-8(11)4-7(5-9(6)13)10(2,3)12/h4-5,13H,12H2,1-3H3. The number of phenols is 1. The topological polar surface area (TPSA) is 46.2 Å². The monoisotopic (exact) mass is 183 g/mol. The second-order valence-electron chi connectivity index (χ2n) is 3.82. The average Bonchev–Trinajstić information content (AvgIpc) is 1.97. The molecule has 0 aromatic heterocycles. The Morgan fingerprint density at radius 1 is 1.38 bits per heavy atom. The van der Waals surface area contributed by atoms with Crippen molar-refractivity contribution in [3.63, 3.8) is 0 Å². The molecule has 0 radical (unpaired) electrons. The summed E-state index contributed by atoms with van der Waals surface area (Å²) < 4.78 is 13.2. The summed E-state index contributed by atoms with van der Waals surface area (Å²) in [5, 5.41) is 9.35. The van der Waals surface area contributed by atoms with E-state index in [1.54, 1.807) is 13.8 Å². The number of aromatic hydroxyl groups is 1. The van der Waals surface area contributed by atoms with Gasteiger partial charge in [0.15, 0.2) is 0 Å². The summed E-state index contributed by atoms with van der Waals surface area (Å²) in [6, 6.07) is 2.85. The van der Waals surface area contributed by atoms with Crippen LogP contribution < -0.4 is 5.73 Å². The highest BCUT2D eigenvalue weighted by atomic mass is 19.1. The van der Waals surface area contributed by atoms with E-state index in [1.807, 2.05) is 0 Å². The van der Waals surface area contributed by atoms with Gasteiger partial charge in [0.05, 0.1) is 0 Å². The summed E-state index contributed by atoms with van der Waals surface area (Å²) >= 11 is 0. The average molecular weight is 183 g/mol. The molecule has 3 heteroatoms. The number of hydrogen-bond donors (Lipinski definition) is 2. The molecule has 0 fully saturated rings. The maximum absolute atomic E-state index is 13.2. The Kier molecular flexibility index (Phi) is 2.30. The van der Waals surface area contributed by atoms with E-state index in [2.05, 4.69) is 0 Å². The lowest BCUT2D eigenvalue weighted by molar-refractivity contribution is 0.455. The van der Waals surface area contributed by atoms with Crippen molar-refractivity contribution in [3.8, 4) is 5.75 Å². The highest BCUT2D eigenvalue weighted by Gasteiger charge is 2.17. The van der Waals surface area contributed by atoms with E-state index in [-0.39, 0.29) is 11.3 Å². The highest BCUT2D eigenvalue weighted by molar-refractivity contribution is 5.39. The van der Waals surface area contributed by atoms with Gasteiger partial charge in [0.25, 0.3) is 0 Å². The Labute approximate surface area is 77.2 Å². The molecule has 1 aromatic rings. The summed E-state index contributed by atoms with van der Waals surface area (Å²) in [5.74, 6) is -0.470. The van der Waals surface area contributed by atoms with Crippen LogP contribution in [0, 0.1) is 12.7 Å². The molecule has 0 unspecified atom stereocenters. The van der Waals surface area contributed by atoms with E-state index >= 15 is 0 Å². The fourth-order valence-electron chi connectivity index (χ4n) is 1.04. The molecule has 0 atom stereocenters. The second kappa shape index (κ2) is 3.00. The van der Waals surface area contributed by atoms with Gasteiger partial charge in [-0.05, 0) is 38.5 Å². The molecule has 0 bridgehead atoms. The third-order valence-corrected chi connectivity index (χ3v) is 2.06. The highest BCUT2D eigenvalue weighted by Crippen LogP contribution is 2.26. The third kappa shape index (κ3) is 1.98. The zero-order valence-electron chi connectivity index (χ0n) is 8.06. The predicted octanol–water partition coefficient (Wildman–Crippen LogP) is 2.03. The lowest BCUT2D eigenvalue weighted by atomic mass is 9.94. The van der Waals surface area contributed by atoms with Crippen LogP contribution in [0.15, 0.2) is 12.1 Å². The Hall–Kier alpha value is -1.09. The number of phenolic OH excluding ortho intramolecular Hbond substituents is 1. The van der Waals surface area contributed by atoms with E-state index in [1.165, 1.54) is 19.1 Å². The quantitative estimate of drug-likeness (QED) is 0.699. The smallest absolute Gasteiger partial charge is 0.130 e. The molecule has 0 saturated carbocycles. The maximum atomic E-state index is 13.2. The molecule has 0 aliphatic carbocycles. The number of benzene rings is 1. The zero-order chi connectivity index (χ0) is 10.2. The SMILES string of the molecule is Cc1c(O)cc(C(C)(C)N)cc1F. The first-order valence-electron chi connectivity index (χ1n) is 4.11. The molecule has 72 valence electrons. The lowest BCUT2D eigenvalue weighted by Crippen LogP contribution is -2.28. The number of nitrogens with two attached hydrogens (primary N) is 1. The van der Waals surface area contributed by atoms with Crippen molar-refractivity contribution in [3.05, 3.63) is 29.1 Å². The van der Waals surface area contributed by atoms with Gasteiger partial charge in [-0.2, -0.15) is 0 Å². The molecular weight excluding hydrogens is 169 g/mol. The van der Waals surface area contributed by atoms with Gasteiger partial charge in [0.1, 0.15) is 11.6 Å². The normalized spacial score (nSPS) is 11.8. The summed E-state index contributed by atoms with van der Waals surface area (Å²) in [4.78, 5) is 0. The predicted molar refractivity (Wildman–Crippen MR) is 50.0 cm³/mol. The number of halogens is 1. The first kappa shape index (κ1) is 9.99. The largest absolute Gasteiger partial charge is 0.508 e. The molecule has 1 rings (SSSR count). The van der Waals surface area contributed by atoms with Gasteiger partial charge in [-0.3, -0.25) is 0 Å². The van der Waals surface area contributed by atoms with Crippen LogP contribution in [0.5, 0.6) is 5.75 Å². The molecule has 3 N–H and O–H groups in total. The van der Waals surface area contributed by atoms with Crippen molar-refractivity contribution in [1.82, 2.24) is 0 Å². The summed E-state index contributed by atoms with van der Waals surface area (Å²) in [6.07, 6.45) is 0. The fraction of sp³-hybridized carbons (Fsp3) is 0.400. The van der Waals surface area contributed by atoms with Crippen molar-refractivity contribution >= 4 is 0 Å². The van der Waals surface area contributed by atoms with E-state index in [0.29, 0.717) is 5.56 Å². The fourth-order valence-corrected chi connectivity index (χ4v) is 1.04. The van der Waals surface area contributed by atoms with Crippen LogP contribution in [0.1, 0.15) is 25.0 Å². The van der Waals surface area contributed by atoms with E-state index < -0.39 is 11.4 Å². The van der Waals surface area contributed by atoms with Crippen LogP contribution in [0.4, 0.5) is 4.39 Å². The van der Waals surface area contributed by atoms with Crippen molar-refractivity contribution in [2.45, 2.75) is 26.3 Å². The molecular formula is C10H14FNO. The van der Waals surface area contributed by atoms with E-state index in [9.17, 15) is 9.50 Å². The van der Waals surface area contributed by atoms with Crippen LogP contribution in [0.25, 0.3) is 0 Å². The molecule has 1 aromatic carbocycles. The Bertz CT molecular complexity index is 305. The molecule has 0 saturated heterocycles. The summed E-state index contributed by atoms with van der Waals surface area (Å²) in [6.45, 7) is 5.05. The zero-order valence-corrected chi connectivity index (χ0v) is 8.06. The van der Waals surface area contributed by atoms with Crippen LogP contribution in [0.2, 0.25) is 0 Å². The van der Waals surface area contributed by atoms with Gasteiger partial charge in [-0.1, -0.05) is 0 Å². The van der Waals surface area contributed by atoms with E-state index in [4.69, 9.17) is 5.73 Å². The minimum atomic E-state index is -0.633. The van der Waals surface area contributed by atoms with E-state index in [0.717, 1.165) is 0 Å². The van der Waals surface area contributed by atoms with Crippen molar-refractivity contribution in [2.24, 2.45) is 5.73 Å². The minimum absolute atomic E-state index is 0.0477. The van der Waals surface area contributed by atoms with Gasteiger partial charge in [0.2, 0.25) is 0 Å². The van der Waals surface area contributed by atoms with Gasteiger partial charge in [-0.25, -0.2) is 4.39 Å². The Balaban J connectivity index is 3.29. The molecule has 0 amide bonds. The maximum Gasteiger partial charge on any atom is 0.130 e. The first-order chi connectivity index (χ1) is 5.82. The first-order valence-corrected chi connectivity index (χ1v) is 4.11. The lowest BCUT2D eigenvalue weighted by Gasteiger charge is -2.20. The summed E-state index contributed by atoms with van der Waals surface area (Å²) in [5.41, 5.74) is 5.98. The molecule has 0 aliphatic heterocycles. The van der Waals surface area contributed by atoms with Gasteiger partial charge in [0, 0.05) is 11.1 Å².